The van der Waals surface area contributed by atoms with Crippen molar-refractivity contribution >= 4 is 11.9 Å². The zero-order valence-electron chi connectivity index (χ0n) is 12.4. The number of rotatable bonds is 9. The highest BCUT2D eigenvalue weighted by Crippen LogP contribution is 2.26. The Balaban J connectivity index is 1.96. The monoisotopic (exact) mass is 285 g/mol. The Morgan fingerprint density at radius 1 is 1.30 bits per heavy atom. The Morgan fingerprint density at radius 2 is 2.00 bits per heavy atom. The average Bonchev–Trinajstić information content (AvgIpc) is 2.44. The van der Waals surface area contributed by atoms with Crippen LogP contribution < -0.4 is 5.32 Å². The van der Waals surface area contributed by atoms with E-state index >= 15 is 0 Å². The molecule has 116 valence electrons. The highest BCUT2D eigenvalue weighted by molar-refractivity contribution is 5.72. The first-order chi connectivity index (χ1) is 9.59. The van der Waals surface area contributed by atoms with Gasteiger partial charge in [-0.1, -0.05) is 32.1 Å². The molecule has 2 N–H and O–H groups in total. The minimum absolute atomic E-state index is 0.175. The molecular weight excluding hydrogens is 258 g/mol. The van der Waals surface area contributed by atoms with Gasteiger partial charge in [-0.25, -0.2) is 0 Å². The minimum atomic E-state index is -0.875. The molecule has 0 radical (unpaired) electrons. The zero-order chi connectivity index (χ0) is 14.8. The van der Waals surface area contributed by atoms with Gasteiger partial charge in [0.2, 0.25) is 0 Å². The van der Waals surface area contributed by atoms with Crippen molar-refractivity contribution in [3.8, 4) is 0 Å². The summed E-state index contributed by atoms with van der Waals surface area (Å²) in [5.41, 5.74) is 0. The predicted molar refractivity (Wildman–Crippen MR) is 76.5 cm³/mol. The molecule has 20 heavy (non-hydrogen) atoms. The van der Waals surface area contributed by atoms with Gasteiger partial charge in [0.1, 0.15) is 6.04 Å². The number of carbonyl (C=O) groups excluding carboxylic acids is 1. The number of ether oxygens (including phenoxy) is 1. The van der Waals surface area contributed by atoms with Crippen molar-refractivity contribution in [1.82, 2.24) is 5.32 Å². The third-order valence-corrected chi connectivity index (χ3v) is 3.89. The number of carboxylic acids is 1. The molecule has 0 unspecified atom stereocenters. The molecule has 1 fully saturated rings. The summed E-state index contributed by atoms with van der Waals surface area (Å²) in [4.78, 5) is 22.1. The van der Waals surface area contributed by atoms with Crippen molar-refractivity contribution < 1.29 is 19.4 Å². The van der Waals surface area contributed by atoms with Crippen LogP contribution in [0.2, 0.25) is 0 Å². The topological polar surface area (TPSA) is 75.6 Å². The lowest BCUT2D eigenvalue weighted by atomic mass is 9.87. The Hall–Kier alpha value is -1.10. The van der Waals surface area contributed by atoms with Crippen LogP contribution in [0, 0.1) is 5.92 Å². The highest BCUT2D eigenvalue weighted by atomic mass is 16.5. The van der Waals surface area contributed by atoms with E-state index in [0.29, 0.717) is 26.0 Å². The van der Waals surface area contributed by atoms with E-state index < -0.39 is 12.0 Å². The standard InChI is InChI=1S/C15H27NO4/c1-12(15(18)19)16-10-5-8-14(17)20-11-9-13-6-3-2-4-7-13/h12-13,16H,2-11H2,1H3,(H,18,19)/t12-/m0/s1. The second-order valence-electron chi connectivity index (χ2n) is 5.63. The van der Waals surface area contributed by atoms with E-state index in [9.17, 15) is 9.59 Å². The van der Waals surface area contributed by atoms with Crippen LogP contribution in [0.3, 0.4) is 0 Å². The molecule has 0 saturated heterocycles. The molecule has 0 aromatic rings. The lowest BCUT2D eigenvalue weighted by Gasteiger charge is -2.21. The molecule has 0 aliphatic heterocycles. The van der Waals surface area contributed by atoms with Crippen LogP contribution >= 0.6 is 0 Å². The number of esters is 1. The molecule has 1 atom stereocenters. The van der Waals surface area contributed by atoms with Gasteiger partial charge in [0.05, 0.1) is 6.61 Å². The Labute approximate surface area is 121 Å². The van der Waals surface area contributed by atoms with Gasteiger partial charge in [-0.3, -0.25) is 9.59 Å². The van der Waals surface area contributed by atoms with Crippen molar-refractivity contribution in [2.75, 3.05) is 13.2 Å². The van der Waals surface area contributed by atoms with Gasteiger partial charge in [0.25, 0.3) is 0 Å². The van der Waals surface area contributed by atoms with E-state index in [1.54, 1.807) is 6.92 Å². The van der Waals surface area contributed by atoms with Crippen molar-refractivity contribution in [3.05, 3.63) is 0 Å². The van der Waals surface area contributed by atoms with E-state index in [0.717, 1.165) is 12.3 Å². The molecular formula is C15H27NO4. The Kier molecular flexibility index (Phi) is 8.26. The summed E-state index contributed by atoms with van der Waals surface area (Å²) in [6, 6.07) is -0.572. The van der Waals surface area contributed by atoms with Gasteiger partial charge < -0.3 is 15.2 Å². The number of nitrogens with one attached hydrogen (secondary N) is 1. The van der Waals surface area contributed by atoms with Crippen molar-refractivity contribution in [2.24, 2.45) is 5.92 Å². The van der Waals surface area contributed by atoms with Gasteiger partial charge in [0.15, 0.2) is 0 Å². The van der Waals surface area contributed by atoms with E-state index in [1.165, 1.54) is 32.1 Å². The van der Waals surface area contributed by atoms with Crippen LogP contribution in [0.4, 0.5) is 0 Å². The SMILES string of the molecule is C[C@H](NCCCC(=O)OCCC1CCCCC1)C(=O)O. The first-order valence-corrected chi connectivity index (χ1v) is 7.71. The first-order valence-electron chi connectivity index (χ1n) is 7.71. The Morgan fingerprint density at radius 3 is 2.65 bits per heavy atom. The summed E-state index contributed by atoms with van der Waals surface area (Å²) in [6.45, 7) is 2.64. The highest BCUT2D eigenvalue weighted by Gasteiger charge is 2.14. The van der Waals surface area contributed by atoms with Crippen molar-refractivity contribution in [3.63, 3.8) is 0 Å². The predicted octanol–water partition coefficient (Wildman–Crippen LogP) is 2.34. The number of carboxylic acid groups (broad SMARTS) is 1. The molecule has 0 aromatic heterocycles. The number of hydrogen-bond acceptors (Lipinski definition) is 4. The summed E-state index contributed by atoms with van der Waals surface area (Å²) < 4.78 is 5.22. The number of hydrogen-bond donors (Lipinski definition) is 2. The van der Waals surface area contributed by atoms with Gasteiger partial charge in [-0.05, 0) is 32.2 Å². The lowest BCUT2D eigenvalue weighted by molar-refractivity contribution is -0.144. The van der Waals surface area contributed by atoms with Crippen LogP contribution in [-0.4, -0.2) is 36.2 Å². The third-order valence-electron chi connectivity index (χ3n) is 3.89. The molecule has 1 aliphatic rings. The molecule has 0 aromatic carbocycles. The summed E-state index contributed by atoms with van der Waals surface area (Å²) >= 11 is 0. The van der Waals surface area contributed by atoms with Crippen LogP contribution in [-0.2, 0) is 14.3 Å². The zero-order valence-corrected chi connectivity index (χ0v) is 12.4. The van der Waals surface area contributed by atoms with Gasteiger partial charge in [0, 0.05) is 6.42 Å². The maximum Gasteiger partial charge on any atom is 0.320 e. The molecule has 1 aliphatic carbocycles. The fourth-order valence-electron chi connectivity index (χ4n) is 2.53. The van der Waals surface area contributed by atoms with Crippen molar-refractivity contribution in [2.45, 2.75) is 64.3 Å². The number of aliphatic carboxylic acids is 1. The largest absolute Gasteiger partial charge is 0.480 e. The summed E-state index contributed by atoms with van der Waals surface area (Å²) in [7, 11) is 0. The molecule has 5 nitrogen and oxygen atoms in total. The minimum Gasteiger partial charge on any atom is -0.480 e. The van der Waals surface area contributed by atoms with E-state index in [-0.39, 0.29) is 5.97 Å². The molecule has 5 heteroatoms. The molecule has 1 rings (SSSR count). The van der Waals surface area contributed by atoms with Gasteiger partial charge in [-0.2, -0.15) is 0 Å². The maximum atomic E-state index is 11.5. The summed E-state index contributed by atoms with van der Waals surface area (Å²) in [6.07, 6.45) is 8.46. The Bertz CT molecular complexity index is 300. The van der Waals surface area contributed by atoms with Gasteiger partial charge >= 0.3 is 11.9 Å². The van der Waals surface area contributed by atoms with Crippen LogP contribution in [0.5, 0.6) is 0 Å². The quantitative estimate of drug-likeness (QED) is 0.502. The molecule has 0 heterocycles. The van der Waals surface area contributed by atoms with Crippen LogP contribution in [0.1, 0.15) is 58.3 Å². The van der Waals surface area contributed by atoms with E-state index in [1.807, 2.05) is 0 Å². The molecule has 1 saturated carbocycles. The van der Waals surface area contributed by atoms with E-state index in [2.05, 4.69) is 5.32 Å². The fraction of sp³-hybridized carbons (Fsp3) is 0.867. The summed E-state index contributed by atoms with van der Waals surface area (Å²) in [5.74, 6) is -0.319. The normalized spacial score (nSPS) is 17.6. The third kappa shape index (κ3) is 7.48. The molecule has 0 bridgehead atoms. The maximum absolute atomic E-state index is 11.5. The first kappa shape index (κ1) is 17.0. The number of carbonyl (C=O) groups is 2. The van der Waals surface area contributed by atoms with Gasteiger partial charge in [-0.15, -0.1) is 0 Å². The average molecular weight is 285 g/mol. The molecule has 0 spiro atoms. The fourth-order valence-corrected chi connectivity index (χ4v) is 2.53. The lowest BCUT2D eigenvalue weighted by Crippen LogP contribution is -2.34. The van der Waals surface area contributed by atoms with Crippen LogP contribution in [0.25, 0.3) is 0 Å². The summed E-state index contributed by atoms with van der Waals surface area (Å²) in [5, 5.41) is 11.5. The van der Waals surface area contributed by atoms with Crippen molar-refractivity contribution in [1.29, 1.82) is 0 Å². The smallest absolute Gasteiger partial charge is 0.320 e. The molecule has 0 amide bonds. The van der Waals surface area contributed by atoms with E-state index in [4.69, 9.17) is 9.84 Å². The van der Waals surface area contributed by atoms with Crippen LogP contribution in [0.15, 0.2) is 0 Å². The second kappa shape index (κ2) is 9.75. The second-order valence-corrected chi connectivity index (χ2v) is 5.63.